The second-order valence-electron chi connectivity index (χ2n) is 5.69. The Labute approximate surface area is 145 Å². The number of methoxy groups -OCH3 is 1. The van der Waals surface area contributed by atoms with Crippen LogP contribution >= 0.6 is 11.3 Å². The maximum atomic E-state index is 12.2. The van der Waals surface area contributed by atoms with Gasteiger partial charge in [0.1, 0.15) is 31.1 Å². The van der Waals surface area contributed by atoms with Crippen molar-refractivity contribution in [1.29, 1.82) is 0 Å². The van der Waals surface area contributed by atoms with E-state index in [1.807, 2.05) is 29.6 Å². The maximum absolute atomic E-state index is 12.2. The maximum Gasteiger partial charge on any atom is 0.230 e. The molecule has 1 aromatic heterocycles. The van der Waals surface area contributed by atoms with Crippen molar-refractivity contribution >= 4 is 28.1 Å². The molecule has 24 heavy (non-hydrogen) atoms. The van der Waals surface area contributed by atoms with E-state index in [4.69, 9.17) is 9.47 Å². The summed E-state index contributed by atoms with van der Waals surface area (Å²) in [5.74, 6) is 0.572. The summed E-state index contributed by atoms with van der Waals surface area (Å²) in [6.45, 7) is 5.99. The molecule has 1 aliphatic heterocycles. The van der Waals surface area contributed by atoms with Crippen molar-refractivity contribution in [3.63, 3.8) is 0 Å². The molecule has 1 fully saturated rings. The van der Waals surface area contributed by atoms with Crippen molar-refractivity contribution in [2.45, 2.75) is 13.5 Å². The highest BCUT2D eigenvalue weighted by molar-refractivity contribution is 7.14. The summed E-state index contributed by atoms with van der Waals surface area (Å²) in [5.41, 5.74) is 1.72. The van der Waals surface area contributed by atoms with Crippen molar-refractivity contribution < 1.29 is 19.2 Å². The Morgan fingerprint density at radius 2 is 2.12 bits per heavy atom. The highest BCUT2D eigenvalue weighted by Crippen LogP contribution is 2.35. The molecule has 0 bridgehead atoms. The van der Waals surface area contributed by atoms with E-state index in [9.17, 15) is 4.79 Å². The molecular weight excluding hydrogens is 326 g/mol. The standard InChI is InChI=1S/C17H21N3O3S/c1-13(21)20(15-5-3-4-6-16(15)22-2)17-18-14(12-24-17)11-19-7-9-23-10-8-19/h3-6,12H,7-11H2,1-2H3/p+1. The number of anilines is 2. The largest absolute Gasteiger partial charge is 0.495 e. The molecule has 1 amide bonds. The van der Waals surface area contributed by atoms with Crippen LogP contribution in [0.15, 0.2) is 29.6 Å². The van der Waals surface area contributed by atoms with Gasteiger partial charge in [-0.15, -0.1) is 11.3 Å². The molecule has 6 nitrogen and oxygen atoms in total. The van der Waals surface area contributed by atoms with Crippen LogP contribution in [-0.4, -0.2) is 44.3 Å². The normalized spacial score (nSPS) is 15.2. The molecule has 0 spiro atoms. The van der Waals surface area contributed by atoms with E-state index in [2.05, 4.69) is 4.98 Å². The molecule has 2 heterocycles. The highest BCUT2D eigenvalue weighted by atomic mass is 32.1. The molecule has 3 rings (SSSR count). The van der Waals surface area contributed by atoms with E-state index in [-0.39, 0.29) is 5.91 Å². The van der Waals surface area contributed by atoms with E-state index >= 15 is 0 Å². The fourth-order valence-corrected chi connectivity index (χ4v) is 3.67. The van der Waals surface area contributed by atoms with Crippen LogP contribution in [0.25, 0.3) is 0 Å². The molecule has 0 unspecified atom stereocenters. The van der Waals surface area contributed by atoms with E-state index in [0.29, 0.717) is 16.6 Å². The molecule has 0 atom stereocenters. The summed E-state index contributed by atoms with van der Waals surface area (Å²) in [5, 5.41) is 2.71. The lowest BCUT2D eigenvalue weighted by atomic mass is 10.2. The first kappa shape index (κ1) is 16.9. The fourth-order valence-electron chi connectivity index (χ4n) is 2.80. The molecule has 0 radical (unpaired) electrons. The van der Waals surface area contributed by atoms with Gasteiger partial charge in [0, 0.05) is 12.3 Å². The number of carbonyl (C=O) groups excluding carboxylic acids is 1. The summed E-state index contributed by atoms with van der Waals surface area (Å²) >= 11 is 1.48. The van der Waals surface area contributed by atoms with Gasteiger partial charge in [0.25, 0.3) is 0 Å². The number of nitrogens with zero attached hydrogens (tertiary/aromatic N) is 2. The number of hydrogen-bond donors (Lipinski definition) is 1. The third kappa shape index (κ3) is 3.75. The molecule has 0 aliphatic carbocycles. The first-order chi connectivity index (χ1) is 11.7. The number of hydrogen-bond acceptors (Lipinski definition) is 5. The third-order valence-corrected chi connectivity index (χ3v) is 4.88. The number of quaternary nitrogens is 1. The Balaban J connectivity index is 1.83. The van der Waals surface area contributed by atoms with Gasteiger partial charge in [-0.2, -0.15) is 0 Å². The number of benzene rings is 1. The molecule has 128 valence electrons. The number of para-hydroxylation sites is 2. The minimum atomic E-state index is -0.0841. The van der Waals surface area contributed by atoms with Crippen LogP contribution in [0, 0.1) is 0 Å². The second kappa shape index (κ2) is 7.74. The van der Waals surface area contributed by atoms with Crippen LogP contribution < -0.4 is 14.5 Å². The molecule has 0 saturated carbocycles. The smallest absolute Gasteiger partial charge is 0.230 e. The van der Waals surface area contributed by atoms with Gasteiger partial charge in [0.2, 0.25) is 5.91 Å². The number of carbonyl (C=O) groups is 1. The lowest BCUT2D eigenvalue weighted by Gasteiger charge is -2.23. The topological polar surface area (TPSA) is 56.1 Å². The van der Waals surface area contributed by atoms with E-state index in [1.165, 1.54) is 16.2 Å². The molecular formula is C17H22N3O3S+. The lowest BCUT2D eigenvalue weighted by molar-refractivity contribution is -0.921. The Bertz CT molecular complexity index is 698. The van der Waals surface area contributed by atoms with Crippen molar-refractivity contribution in [2.24, 2.45) is 0 Å². The predicted molar refractivity (Wildman–Crippen MR) is 93.1 cm³/mol. The Morgan fingerprint density at radius 1 is 1.38 bits per heavy atom. The van der Waals surface area contributed by atoms with Crippen molar-refractivity contribution in [1.82, 2.24) is 4.98 Å². The van der Waals surface area contributed by atoms with Crippen LogP contribution in [0.4, 0.5) is 10.8 Å². The SMILES string of the molecule is COc1ccccc1N(C(C)=O)c1nc(C[NH+]2CCOCC2)cs1. The lowest BCUT2D eigenvalue weighted by Crippen LogP contribution is -3.12. The number of nitrogens with one attached hydrogen (secondary N) is 1. The van der Waals surface area contributed by atoms with Crippen LogP contribution in [0.1, 0.15) is 12.6 Å². The van der Waals surface area contributed by atoms with E-state index in [0.717, 1.165) is 38.5 Å². The summed E-state index contributed by atoms with van der Waals surface area (Å²) in [6.07, 6.45) is 0. The second-order valence-corrected chi connectivity index (χ2v) is 6.52. The summed E-state index contributed by atoms with van der Waals surface area (Å²) < 4.78 is 10.8. The average molecular weight is 348 g/mol. The molecule has 1 aliphatic rings. The zero-order valence-electron chi connectivity index (χ0n) is 13.9. The van der Waals surface area contributed by atoms with Crippen molar-refractivity contribution in [3.8, 4) is 5.75 Å². The Morgan fingerprint density at radius 3 is 2.83 bits per heavy atom. The third-order valence-electron chi connectivity index (χ3n) is 4.00. The van der Waals surface area contributed by atoms with Gasteiger partial charge in [0.15, 0.2) is 5.13 Å². The van der Waals surface area contributed by atoms with Crippen molar-refractivity contribution in [2.75, 3.05) is 38.3 Å². The fraction of sp³-hybridized carbons (Fsp3) is 0.412. The van der Waals surface area contributed by atoms with Gasteiger partial charge in [0.05, 0.1) is 26.0 Å². The van der Waals surface area contributed by atoms with Crippen LogP contribution in [0.2, 0.25) is 0 Å². The van der Waals surface area contributed by atoms with Crippen LogP contribution in [-0.2, 0) is 16.1 Å². The van der Waals surface area contributed by atoms with E-state index in [1.54, 1.807) is 18.9 Å². The molecule has 1 N–H and O–H groups in total. The zero-order valence-corrected chi connectivity index (χ0v) is 14.8. The summed E-state index contributed by atoms with van der Waals surface area (Å²) in [6, 6.07) is 7.49. The number of thiazole rings is 1. The van der Waals surface area contributed by atoms with Crippen LogP contribution in [0.5, 0.6) is 5.75 Å². The van der Waals surface area contributed by atoms with Crippen LogP contribution in [0.3, 0.4) is 0 Å². The number of amides is 1. The number of ether oxygens (including phenoxy) is 2. The van der Waals surface area contributed by atoms with Crippen molar-refractivity contribution in [3.05, 3.63) is 35.3 Å². The number of rotatable bonds is 5. The summed E-state index contributed by atoms with van der Waals surface area (Å²) in [4.78, 5) is 20.0. The Hall–Kier alpha value is -1.96. The number of aromatic nitrogens is 1. The molecule has 7 heteroatoms. The predicted octanol–water partition coefficient (Wildman–Crippen LogP) is 1.25. The van der Waals surface area contributed by atoms with E-state index < -0.39 is 0 Å². The average Bonchev–Trinajstić information content (AvgIpc) is 3.04. The Kier molecular flexibility index (Phi) is 5.44. The monoisotopic (exact) mass is 348 g/mol. The summed E-state index contributed by atoms with van der Waals surface area (Å²) in [7, 11) is 1.60. The number of morpholine rings is 1. The molecule has 1 aromatic carbocycles. The van der Waals surface area contributed by atoms with Gasteiger partial charge >= 0.3 is 0 Å². The van der Waals surface area contributed by atoms with Gasteiger partial charge < -0.3 is 14.4 Å². The van der Waals surface area contributed by atoms with Gasteiger partial charge in [-0.25, -0.2) is 4.98 Å². The molecule has 1 saturated heterocycles. The highest BCUT2D eigenvalue weighted by Gasteiger charge is 2.22. The first-order valence-corrected chi connectivity index (χ1v) is 8.86. The minimum absolute atomic E-state index is 0.0841. The minimum Gasteiger partial charge on any atom is -0.495 e. The quantitative estimate of drug-likeness (QED) is 0.884. The van der Waals surface area contributed by atoms with Gasteiger partial charge in [-0.05, 0) is 12.1 Å². The first-order valence-electron chi connectivity index (χ1n) is 7.98. The van der Waals surface area contributed by atoms with Gasteiger partial charge in [-0.1, -0.05) is 12.1 Å². The van der Waals surface area contributed by atoms with Gasteiger partial charge in [-0.3, -0.25) is 9.69 Å². The zero-order chi connectivity index (χ0) is 16.9. The molecule has 2 aromatic rings.